The summed E-state index contributed by atoms with van der Waals surface area (Å²) >= 11 is 0. The van der Waals surface area contributed by atoms with Crippen LogP contribution < -0.4 is 10.9 Å². The number of nitrogens with one attached hydrogen (secondary N) is 1. The zero-order valence-electron chi connectivity index (χ0n) is 10.3. The quantitative estimate of drug-likeness (QED) is 0.861. The van der Waals surface area contributed by atoms with Crippen molar-refractivity contribution in [3.63, 3.8) is 0 Å². The fourth-order valence-electron chi connectivity index (χ4n) is 1.67. The van der Waals surface area contributed by atoms with Crippen molar-refractivity contribution in [1.82, 2.24) is 14.8 Å². The third-order valence-corrected chi connectivity index (χ3v) is 2.56. The summed E-state index contributed by atoms with van der Waals surface area (Å²) in [4.78, 5) is 16.0. The fourth-order valence-corrected chi connectivity index (χ4v) is 1.67. The van der Waals surface area contributed by atoms with Crippen molar-refractivity contribution in [2.75, 3.05) is 11.9 Å². The average molecular weight is 244 g/mol. The van der Waals surface area contributed by atoms with E-state index >= 15 is 0 Å². The number of anilines is 1. The molecule has 0 aliphatic heterocycles. The minimum atomic E-state index is -0.0932. The van der Waals surface area contributed by atoms with Gasteiger partial charge in [-0.05, 0) is 19.1 Å². The Balaban J connectivity index is 2.04. The van der Waals surface area contributed by atoms with Gasteiger partial charge in [-0.2, -0.15) is 5.10 Å². The predicted octanol–water partition coefficient (Wildman–Crippen LogP) is 1.31. The van der Waals surface area contributed by atoms with Crippen LogP contribution in [-0.2, 0) is 13.0 Å². The highest BCUT2D eigenvalue weighted by molar-refractivity contribution is 5.38. The number of hydrogen-bond donors (Lipinski definition) is 1. The van der Waals surface area contributed by atoms with E-state index in [2.05, 4.69) is 15.4 Å². The second-order valence-corrected chi connectivity index (χ2v) is 3.91. The number of nitrogens with zero attached hydrogens (tertiary/aromatic N) is 3. The third kappa shape index (κ3) is 3.16. The van der Waals surface area contributed by atoms with Crippen molar-refractivity contribution < 1.29 is 0 Å². The van der Waals surface area contributed by atoms with E-state index in [9.17, 15) is 4.79 Å². The Morgan fingerprint density at radius 2 is 2.28 bits per heavy atom. The van der Waals surface area contributed by atoms with Crippen LogP contribution in [0.15, 0.2) is 41.5 Å². The van der Waals surface area contributed by atoms with E-state index in [4.69, 9.17) is 0 Å². The second kappa shape index (κ2) is 5.95. The minimum Gasteiger partial charge on any atom is -0.384 e. The number of rotatable bonds is 5. The van der Waals surface area contributed by atoms with E-state index in [1.807, 2.05) is 25.1 Å². The monoisotopic (exact) mass is 244 g/mol. The summed E-state index contributed by atoms with van der Waals surface area (Å²) in [6.45, 7) is 3.30. The van der Waals surface area contributed by atoms with Crippen molar-refractivity contribution in [1.29, 1.82) is 0 Å². The first kappa shape index (κ1) is 12.3. The Hall–Kier alpha value is -2.17. The van der Waals surface area contributed by atoms with E-state index in [1.165, 1.54) is 4.68 Å². The molecular formula is C13H16N4O. The molecule has 0 saturated heterocycles. The molecule has 0 amide bonds. The summed E-state index contributed by atoms with van der Waals surface area (Å²) in [5.74, 6) is 0. The first-order chi connectivity index (χ1) is 8.79. The Morgan fingerprint density at radius 3 is 2.94 bits per heavy atom. The average Bonchev–Trinajstić information content (AvgIpc) is 2.39. The summed E-state index contributed by atoms with van der Waals surface area (Å²) in [5, 5.41) is 7.19. The molecule has 0 aromatic carbocycles. The highest BCUT2D eigenvalue weighted by atomic mass is 16.1. The minimum absolute atomic E-state index is 0.0932. The third-order valence-electron chi connectivity index (χ3n) is 2.56. The second-order valence-electron chi connectivity index (χ2n) is 3.91. The Labute approximate surface area is 105 Å². The molecule has 18 heavy (non-hydrogen) atoms. The largest absolute Gasteiger partial charge is 0.384 e. The molecule has 0 aliphatic rings. The lowest BCUT2D eigenvalue weighted by molar-refractivity contribution is 0.573. The molecule has 0 aliphatic carbocycles. The van der Waals surface area contributed by atoms with E-state index in [0.717, 1.165) is 17.9 Å². The molecule has 0 unspecified atom stereocenters. The maximum atomic E-state index is 11.8. The van der Waals surface area contributed by atoms with Crippen molar-refractivity contribution in [3.8, 4) is 0 Å². The summed E-state index contributed by atoms with van der Waals surface area (Å²) in [6, 6.07) is 7.32. The molecule has 2 heterocycles. The molecule has 0 saturated carbocycles. The highest BCUT2D eigenvalue weighted by Crippen LogP contribution is 2.00. The highest BCUT2D eigenvalue weighted by Gasteiger charge is 2.00. The smallest absolute Gasteiger partial charge is 0.268 e. The maximum Gasteiger partial charge on any atom is 0.268 e. The molecule has 2 aromatic rings. The van der Waals surface area contributed by atoms with Gasteiger partial charge >= 0.3 is 0 Å². The molecule has 2 aromatic heterocycles. The van der Waals surface area contributed by atoms with Crippen LogP contribution in [0.1, 0.15) is 12.6 Å². The molecular weight excluding hydrogens is 228 g/mol. The summed E-state index contributed by atoms with van der Waals surface area (Å²) in [7, 11) is 0. The maximum absolute atomic E-state index is 11.8. The molecule has 5 nitrogen and oxygen atoms in total. The van der Waals surface area contributed by atoms with Crippen molar-refractivity contribution in [2.24, 2.45) is 0 Å². The van der Waals surface area contributed by atoms with Crippen LogP contribution in [0.4, 0.5) is 5.69 Å². The van der Waals surface area contributed by atoms with Crippen LogP contribution in [0.5, 0.6) is 0 Å². The molecule has 0 spiro atoms. The zero-order chi connectivity index (χ0) is 12.8. The van der Waals surface area contributed by atoms with E-state index < -0.39 is 0 Å². The predicted molar refractivity (Wildman–Crippen MR) is 70.6 cm³/mol. The number of pyridine rings is 1. The van der Waals surface area contributed by atoms with Gasteiger partial charge in [0.25, 0.3) is 5.56 Å². The van der Waals surface area contributed by atoms with Crippen LogP contribution in [-0.4, -0.2) is 21.3 Å². The normalized spacial score (nSPS) is 10.3. The topological polar surface area (TPSA) is 59.8 Å². The Kier molecular flexibility index (Phi) is 4.06. The van der Waals surface area contributed by atoms with Crippen molar-refractivity contribution in [2.45, 2.75) is 19.9 Å². The van der Waals surface area contributed by atoms with E-state index in [-0.39, 0.29) is 5.56 Å². The molecule has 0 bridgehead atoms. The van der Waals surface area contributed by atoms with Gasteiger partial charge < -0.3 is 5.32 Å². The van der Waals surface area contributed by atoms with Gasteiger partial charge in [0.05, 0.1) is 18.4 Å². The van der Waals surface area contributed by atoms with E-state index in [1.54, 1.807) is 18.5 Å². The van der Waals surface area contributed by atoms with Crippen LogP contribution in [0.3, 0.4) is 0 Å². The Morgan fingerprint density at radius 1 is 1.39 bits per heavy atom. The van der Waals surface area contributed by atoms with Crippen LogP contribution in [0, 0.1) is 0 Å². The van der Waals surface area contributed by atoms with Gasteiger partial charge in [-0.3, -0.25) is 9.78 Å². The summed E-state index contributed by atoms with van der Waals surface area (Å²) in [5.41, 5.74) is 1.63. The summed E-state index contributed by atoms with van der Waals surface area (Å²) in [6.07, 6.45) is 4.12. The van der Waals surface area contributed by atoms with Crippen LogP contribution in [0.2, 0.25) is 0 Å². The van der Waals surface area contributed by atoms with Gasteiger partial charge in [0, 0.05) is 30.9 Å². The summed E-state index contributed by atoms with van der Waals surface area (Å²) < 4.78 is 1.45. The van der Waals surface area contributed by atoms with Gasteiger partial charge in [-0.25, -0.2) is 4.68 Å². The molecule has 2 rings (SSSR count). The van der Waals surface area contributed by atoms with Crippen LogP contribution >= 0.6 is 0 Å². The molecule has 0 atom stereocenters. The van der Waals surface area contributed by atoms with Gasteiger partial charge in [0.15, 0.2) is 0 Å². The van der Waals surface area contributed by atoms with Gasteiger partial charge in [-0.1, -0.05) is 6.07 Å². The van der Waals surface area contributed by atoms with Crippen LogP contribution in [0.25, 0.3) is 0 Å². The molecule has 5 heteroatoms. The number of hydrogen-bond acceptors (Lipinski definition) is 4. The SMILES string of the molecule is CCNc1cnn(CCc2ccccn2)c(=O)c1. The zero-order valence-corrected chi connectivity index (χ0v) is 10.3. The fraction of sp³-hybridized carbons (Fsp3) is 0.308. The van der Waals surface area contributed by atoms with E-state index in [0.29, 0.717) is 13.0 Å². The van der Waals surface area contributed by atoms with Crippen molar-refractivity contribution in [3.05, 3.63) is 52.7 Å². The molecule has 94 valence electrons. The Bertz CT molecular complexity index is 550. The lowest BCUT2D eigenvalue weighted by Gasteiger charge is -2.06. The lowest BCUT2D eigenvalue weighted by Crippen LogP contribution is -2.23. The molecule has 0 fully saturated rings. The van der Waals surface area contributed by atoms with Crippen molar-refractivity contribution >= 4 is 5.69 Å². The lowest BCUT2D eigenvalue weighted by atomic mass is 10.3. The first-order valence-electron chi connectivity index (χ1n) is 6.00. The number of aryl methyl sites for hydroxylation is 2. The first-order valence-corrected chi connectivity index (χ1v) is 6.00. The molecule has 0 radical (unpaired) electrons. The van der Waals surface area contributed by atoms with Gasteiger partial charge in [-0.15, -0.1) is 0 Å². The molecule has 1 N–H and O–H groups in total. The van der Waals surface area contributed by atoms with Gasteiger partial charge in [0.2, 0.25) is 0 Å². The number of aromatic nitrogens is 3. The van der Waals surface area contributed by atoms with Gasteiger partial charge in [0.1, 0.15) is 0 Å². The standard InChI is InChI=1S/C13H16N4O/c1-2-14-12-9-13(18)17(16-10-12)8-6-11-5-3-4-7-15-11/h3-5,7,9-10,14H,2,6,8H2,1H3.